The highest BCUT2D eigenvalue weighted by Gasteiger charge is 2.26. The van der Waals surface area contributed by atoms with Gasteiger partial charge in [-0.15, -0.1) is 0 Å². The fourth-order valence-corrected chi connectivity index (χ4v) is 8.65. The number of benzene rings is 10. The molecule has 1 nitrogen and oxygen atoms in total. The molecule has 0 N–H and O–H groups in total. The Hall–Kier alpha value is -6.96. The molecule has 0 spiro atoms. The van der Waals surface area contributed by atoms with Crippen molar-refractivity contribution in [3.05, 3.63) is 200 Å². The number of hydrogen-bond acceptors (Lipinski definition) is 1. The molecule has 1 aliphatic heterocycles. The summed E-state index contributed by atoms with van der Waals surface area (Å²) in [5.74, 6) is 0. The summed E-state index contributed by atoms with van der Waals surface area (Å²) in [5.41, 5.74) is 13.4. The highest BCUT2D eigenvalue weighted by Crippen LogP contribution is 2.51. The Morgan fingerprint density at radius 1 is 0.245 bits per heavy atom. The molecular formula is C52H33N. The molecule has 0 unspecified atom stereocenters. The molecule has 0 bridgehead atoms. The number of hydrogen-bond donors (Lipinski definition) is 0. The van der Waals surface area contributed by atoms with E-state index in [1.165, 1.54) is 99.0 Å². The van der Waals surface area contributed by atoms with Crippen LogP contribution in [0.5, 0.6) is 0 Å². The van der Waals surface area contributed by atoms with Gasteiger partial charge in [0, 0.05) is 16.8 Å². The number of anilines is 3. The van der Waals surface area contributed by atoms with Crippen LogP contribution in [0.3, 0.4) is 0 Å². The first-order valence-corrected chi connectivity index (χ1v) is 18.3. The van der Waals surface area contributed by atoms with Gasteiger partial charge < -0.3 is 4.90 Å². The van der Waals surface area contributed by atoms with Crippen molar-refractivity contribution in [1.29, 1.82) is 0 Å². The predicted octanol–water partition coefficient (Wildman–Crippen LogP) is 14.8. The van der Waals surface area contributed by atoms with Gasteiger partial charge in [-0.1, -0.05) is 152 Å². The standard InChI is InChI=1S/C52H33N/c1-2-12-40(13-3-1)53-51-20-10-8-18-47(51)46-29-27-39(33-50(46)48-19-9-11-21-52(48)53)37-25-23-34-30-36(24-22-35(34)31-37)38-26-28-45-43-16-5-4-14-41(43)42-15-6-7-17-44(42)49(45)32-38/h1-33H. The van der Waals surface area contributed by atoms with Gasteiger partial charge in [0.2, 0.25) is 0 Å². The van der Waals surface area contributed by atoms with E-state index in [-0.39, 0.29) is 0 Å². The highest BCUT2D eigenvalue weighted by atomic mass is 15.1. The van der Waals surface area contributed by atoms with Gasteiger partial charge in [0.25, 0.3) is 0 Å². The molecule has 1 heterocycles. The van der Waals surface area contributed by atoms with E-state index in [2.05, 4.69) is 205 Å². The Balaban J connectivity index is 1.01. The van der Waals surface area contributed by atoms with Gasteiger partial charge in [0.15, 0.2) is 0 Å². The number of fused-ring (bicyclic) bond motifs is 12. The van der Waals surface area contributed by atoms with Crippen molar-refractivity contribution >= 4 is 60.2 Å². The summed E-state index contributed by atoms with van der Waals surface area (Å²) in [7, 11) is 0. The van der Waals surface area contributed by atoms with Crippen LogP contribution in [-0.4, -0.2) is 0 Å². The minimum Gasteiger partial charge on any atom is -0.309 e. The monoisotopic (exact) mass is 671 g/mol. The molecular weight excluding hydrogens is 639 g/mol. The highest BCUT2D eigenvalue weighted by molar-refractivity contribution is 6.25. The van der Waals surface area contributed by atoms with E-state index >= 15 is 0 Å². The summed E-state index contributed by atoms with van der Waals surface area (Å²) in [6, 6.07) is 73.6. The van der Waals surface area contributed by atoms with Crippen molar-refractivity contribution in [2.24, 2.45) is 0 Å². The summed E-state index contributed by atoms with van der Waals surface area (Å²) in [6.45, 7) is 0. The Morgan fingerprint density at radius 3 is 1.30 bits per heavy atom. The maximum Gasteiger partial charge on any atom is 0.0540 e. The molecule has 10 aromatic rings. The van der Waals surface area contributed by atoms with Gasteiger partial charge in [-0.05, 0) is 125 Å². The van der Waals surface area contributed by atoms with Gasteiger partial charge in [0.1, 0.15) is 0 Å². The molecule has 246 valence electrons. The molecule has 1 aliphatic rings. The molecule has 1 heteroatoms. The van der Waals surface area contributed by atoms with Crippen molar-refractivity contribution in [2.75, 3.05) is 4.90 Å². The fraction of sp³-hybridized carbons (Fsp3) is 0. The van der Waals surface area contributed by atoms with E-state index in [0.29, 0.717) is 0 Å². The SMILES string of the molecule is c1ccc(N2c3ccccc3-c3ccc(-c4ccc5cc(-c6ccc7c8ccccc8c8ccccc8c7c6)ccc5c4)cc3-c3ccccc32)cc1. The van der Waals surface area contributed by atoms with Crippen molar-refractivity contribution in [3.63, 3.8) is 0 Å². The number of nitrogens with zero attached hydrogens (tertiary/aromatic N) is 1. The van der Waals surface area contributed by atoms with Crippen molar-refractivity contribution in [2.45, 2.75) is 0 Å². The van der Waals surface area contributed by atoms with Crippen LogP contribution in [0.2, 0.25) is 0 Å². The Bertz CT molecular complexity index is 3030. The Labute approximate surface area is 308 Å². The second kappa shape index (κ2) is 11.8. The zero-order chi connectivity index (χ0) is 34.9. The maximum absolute atomic E-state index is 2.40. The van der Waals surface area contributed by atoms with Crippen LogP contribution in [0.15, 0.2) is 200 Å². The minimum absolute atomic E-state index is 1.15. The summed E-state index contributed by atoms with van der Waals surface area (Å²) in [6.07, 6.45) is 0. The Morgan fingerprint density at radius 2 is 0.679 bits per heavy atom. The van der Waals surface area contributed by atoms with Crippen LogP contribution in [0.1, 0.15) is 0 Å². The Kier molecular flexibility index (Phi) is 6.62. The summed E-state index contributed by atoms with van der Waals surface area (Å²) >= 11 is 0. The van der Waals surface area contributed by atoms with Crippen molar-refractivity contribution < 1.29 is 0 Å². The van der Waals surface area contributed by atoms with Gasteiger partial charge in [-0.3, -0.25) is 0 Å². The summed E-state index contributed by atoms with van der Waals surface area (Å²) in [4.78, 5) is 2.40. The first-order chi connectivity index (χ1) is 26.3. The van der Waals surface area contributed by atoms with E-state index in [1.807, 2.05) is 0 Å². The number of para-hydroxylation sites is 3. The molecule has 0 atom stereocenters. The average Bonchev–Trinajstić information content (AvgIpc) is 3.36. The second-order valence-corrected chi connectivity index (χ2v) is 14.1. The molecule has 0 fully saturated rings. The lowest BCUT2D eigenvalue weighted by Crippen LogP contribution is -2.10. The molecule has 0 aromatic heterocycles. The summed E-state index contributed by atoms with van der Waals surface area (Å²) in [5, 5.41) is 10.3. The van der Waals surface area contributed by atoms with E-state index in [4.69, 9.17) is 0 Å². The lowest BCUT2D eigenvalue weighted by molar-refractivity contribution is 1.29. The zero-order valence-corrected chi connectivity index (χ0v) is 29.0. The van der Waals surface area contributed by atoms with Crippen LogP contribution in [-0.2, 0) is 0 Å². The fourth-order valence-electron chi connectivity index (χ4n) is 8.65. The molecule has 0 saturated heterocycles. The first-order valence-electron chi connectivity index (χ1n) is 18.3. The zero-order valence-electron chi connectivity index (χ0n) is 29.0. The smallest absolute Gasteiger partial charge is 0.0540 e. The minimum atomic E-state index is 1.15. The van der Waals surface area contributed by atoms with E-state index < -0.39 is 0 Å². The maximum atomic E-state index is 2.40. The molecule has 10 aromatic carbocycles. The van der Waals surface area contributed by atoms with Gasteiger partial charge in [-0.2, -0.15) is 0 Å². The van der Waals surface area contributed by atoms with Crippen LogP contribution < -0.4 is 4.90 Å². The van der Waals surface area contributed by atoms with E-state index in [9.17, 15) is 0 Å². The third kappa shape index (κ3) is 4.71. The van der Waals surface area contributed by atoms with Crippen LogP contribution in [0.25, 0.3) is 87.6 Å². The lowest BCUT2D eigenvalue weighted by Gasteiger charge is -2.27. The second-order valence-electron chi connectivity index (χ2n) is 14.1. The van der Waals surface area contributed by atoms with E-state index in [0.717, 1.165) is 5.69 Å². The number of rotatable bonds is 3. The van der Waals surface area contributed by atoms with Crippen molar-refractivity contribution in [1.82, 2.24) is 0 Å². The average molecular weight is 672 g/mol. The third-order valence-corrected chi connectivity index (χ3v) is 11.2. The molecule has 0 amide bonds. The van der Waals surface area contributed by atoms with Gasteiger partial charge >= 0.3 is 0 Å². The predicted molar refractivity (Wildman–Crippen MR) is 226 cm³/mol. The van der Waals surface area contributed by atoms with E-state index in [1.54, 1.807) is 0 Å². The quantitative estimate of drug-likeness (QED) is 0.169. The van der Waals surface area contributed by atoms with Gasteiger partial charge in [0.05, 0.1) is 11.4 Å². The molecule has 0 aliphatic carbocycles. The third-order valence-electron chi connectivity index (χ3n) is 11.2. The molecule has 11 rings (SSSR count). The first kappa shape index (κ1) is 29.7. The normalized spacial score (nSPS) is 12.1. The largest absolute Gasteiger partial charge is 0.309 e. The van der Waals surface area contributed by atoms with Crippen molar-refractivity contribution in [3.8, 4) is 44.5 Å². The topological polar surface area (TPSA) is 3.24 Å². The van der Waals surface area contributed by atoms with Crippen LogP contribution in [0, 0.1) is 0 Å². The summed E-state index contributed by atoms with van der Waals surface area (Å²) < 4.78 is 0. The molecule has 0 radical (unpaired) electrons. The lowest BCUT2D eigenvalue weighted by atomic mass is 9.90. The van der Waals surface area contributed by atoms with Crippen LogP contribution >= 0.6 is 0 Å². The van der Waals surface area contributed by atoms with Gasteiger partial charge in [-0.25, -0.2) is 0 Å². The molecule has 53 heavy (non-hydrogen) atoms. The van der Waals surface area contributed by atoms with Crippen LogP contribution in [0.4, 0.5) is 17.1 Å². The molecule has 0 saturated carbocycles.